The quantitative estimate of drug-likeness (QED) is 0.724. The summed E-state index contributed by atoms with van der Waals surface area (Å²) in [4.78, 5) is 4.26. The Morgan fingerprint density at radius 2 is 2.42 bits per heavy atom. The molecule has 1 heterocycles. The lowest BCUT2D eigenvalue weighted by Crippen LogP contribution is -2.22. The fraction of sp³-hybridized carbons (Fsp3) is 0.667. The Morgan fingerprint density at radius 1 is 1.67 bits per heavy atom. The topological polar surface area (TPSA) is 29.9 Å². The third-order valence-corrected chi connectivity index (χ3v) is 2.21. The van der Waals surface area contributed by atoms with Gasteiger partial charge < -0.3 is 9.88 Å². The van der Waals surface area contributed by atoms with Gasteiger partial charge in [-0.05, 0) is 20.4 Å². The van der Waals surface area contributed by atoms with E-state index in [-0.39, 0.29) is 0 Å². The van der Waals surface area contributed by atoms with Crippen molar-refractivity contribution in [2.45, 2.75) is 25.8 Å². The Kier molecular flexibility index (Phi) is 3.29. The number of nitrogens with zero attached hydrogens (tertiary/aromatic N) is 2. The molecule has 68 valence electrons. The molecule has 0 radical (unpaired) electrons. The molecule has 0 fully saturated rings. The zero-order valence-electron chi connectivity index (χ0n) is 8.04. The minimum Gasteiger partial charge on any atom is -0.338 e. The Bertz CT molecular complexity index is 229. The van der Waals surface area contributed by atoms with Gasteiger partial charge in [0.1, 0.15) is 5.82 Å². The first-order valence-corrected chi connectivity index (χ1v) is 4.37. The van der Waals surface area contributed by atoms with Crippen molar-refractivity contribution in [2.75, 3.05) is 7.05 Å². The number of hydrogen-bond donors (Lipinski definition) is 1. The van der Waals surface area contributed by atoms with Crippen LogP contribution in [-0.4, -0.2) is 22.6 Å². The van der Waals surface area contributed by atoms with E-state index in [4.69, 9.17) is 0 Å². The summed E-state index contributed by atoms with van der Waals surface area (Å²) in [6.45, 7) is 2.18. The molecule has 0 saturated heterocycles. The zero-order valence-corrected chi connectivity index (χ0v) is 8.04. The first kappa shape index (κ1) is 9.26. The number of imidazole rings is 1. The molecule has 1 rings (SSSR count). The van der Waals surface area contributed by atoms with Crippen LogP contribution < -0.4 is 5.32 Å². The van der Waals surface area contributed by atoms with E-state index < -0.39 is 0 Å². The standard InChI is InChI=1S/C9H17N3/c1-8(10-2)4-5-9-11-6-7-12(9)3/h6-8,10H,4-5H2,1-3H3. The third kappa shape index (κ3) is 2.34. The fourth-order valence-electron chi connectivity index (χ4n) is 1.13. The van der Waals surface area contributed by atoms with Crippen LogP contribution in [-0.2, 0) is 13.5 Å². The average molecular weight is 167 g/mol. The molecule has 1 aromatic heterocycles. The number of aryl methyl sites for hydroxylation is 2. The summed E-state index contributed by atoms with van der Waals surface area (Å²) in [6.07, 6.45) is 6.02. The molecule has 0 amide bonds. The van der Waals surface area contributed by atoms with Crippen LogP contribution in [0.2, 0.25) is 0 Å². The summed E-state index contributed by atoms with van der Waals surface area (Å²) < 4.78 is 2.07. The predicted octanol–water partition coefficient (Wildman–Crippen LogP) is 0.961. The van der Waals surface area contributed by atoms with Crippen LogP contribution in [0.15, 0.2) is 12.4 Å². The van der Waals surface area contributed by atoms with Gasteiger partial charge in [-0.3, -0.25) is 0 Å². The highest BCUT2D eigenvalue weighted by atomic mass is 15.0. The molecule has 1 unspecified atom stereocenters. The maximum atomic E-state index is 4.26. The van der Waals surface area contributed by atoms with E-state index in [2.05, 4.69) is 21.8 Å². The summed E-state index contributed by atoms with van der Waals surface area (Å²) in [6, 6.07) is 0.571. The van der Waals surface area contributed by atoms with Gasteiger partial charge in [0, 0.05) is 31.9 Å². The molecule has 0 aliphatic rings. The molecule has 3 heteroatoms. The molecule has 0 aliphatic heterocycles. The Morgan fingerprint density at radius 3 is 2.92 bits per heavy atom. The molecule has 0 bridgehead atoms. The van der Waals surface area contributed by atoms with E-state index in [1.54, 1.807) is 0 Å². The van der Waals surface area contributed by atoms with Crippen molar-refractivity contribution in [3.63, 3.8) is 0 Å². The first-order valence-electron chi connectivity index (χ1n) is 4.37. The molecule has 1 N–H and O–H groups in total. The van der Waals surface area contributed by atoms with E-state index >= 15 is 0 Å². The van der Waals surface area contributed by atoms with Gasteiger partial charge in [0.05, 0.1) is 0 Å². The van der Waals surface area contributed by atoms with Crippen molar-refractivity contribution in [2.24, 2.45) is 7.05 Å². The number of nitrogens with one attached hydrogen (secondary N) is 1. The first-order chi connectivity index (χ1) is 5.74. The molecule has 12 heavy (non-hydrogen) atoms. The van der Waals surface area contributed by atoms with Gasteiger partial charge in [-0.25, -0.2) is 4.98 Å². The zero-order chi connectivity index (χ0) is 8.97. The second-order valence-corrected chi connectivity index (χ2v) is 3.18. The van der Waals surface area contributed by atoms with Crippen LogP contribution in [0.25, 0.3) is 0 Å². The largest absolute Gasteiger partial charge is 0.338 e. The highest BCUT2D eigenvalue weighted by Gasteiger charge is 2.02. The molecule has 0 saturated carbocycles. The Labute approximate surface area is 73.8 Å². The van der Waals surface area contributed by atoms with Gasteiger partial charge in [-0.15, -0.1) is 0 Å². The van der Waals surface area contributed by atoms with E-state index in [1.807, 2.05) is 26.5 Å². The molecule has 0 spiro atoms. The van der Waals surface area contributed by atoms with Crippen molar-refractivity contribution < 1.29 is 0 Å². The summed E-state index contributed by atoms with van der Waals surface area (Å²) in [5.74, 6) is 1.16. The van der Waals surface area contributed by atoms with Crippen molar-refractivity contribution in [1.82, 2.24) is 14.9 Å². The summed E-state index contributed by atoms with van der Waals surface area (Å²) in [7, 11) is 4.02. The smallest absolute Gasteiger partial charge is 0.108 e. The minimum absolute atomic E-state index is 0.571. The second kappa shape index (κ2) is 4.26. The van der Waals surface area contributed by atoms with E-state index in [9.17, 15) is 0 Å². The maximum absolute atomic E-state index is 4.26. The van der Waals surface area contributed by atoms with Crippen LogP contribution >= 0.6 is 0 Å². The highest BCUT2D eigenvalue weighted by Crippen LogP contribution is 2.01. The van der Waals surface area contributed by atoms with Crippen molar-refractivity contribution in [3.05, 3.63) is 18.2 Å². The molecular formula is C9H17N3. The molecule has 3 nitrogen and oxygen atoms in total. The average Bonchev–Trinajstić information content (AvgIpc) is 2.47. The van der Waals surface area contributed by atoms with Gasteiger partial charge in [0.25, 0.3) is 0 Å². The second-order valence-electron chi connectivity index (χ2n) is 3.18. The van der Waals surface area contributed by atoms with Crippen LogP contribution in [0.5, 0.6) is 0 Å². The van der Waals surface area contributed by atoms with Gasteiger partial charge in [0.2, 0.25) is 0 Å². The van der Waals surface area contributed by atoms with Crippen LogP contribution in [0.1, 0.15) is 19.2 Å². The van der Waals surface area contributed by atoms with Crippen LogP contribution in [0.4, 0.5) is 0 Å². The lowest BCUT2D eigenvalue weighted by molar-refractivity contribution is 0.550. The summed E-state index contributed by atoms with van der Waals surface area (Å²) >= 11 is 0. The molecule has 1 aromatic rings. The lowest BCUT2D eigenvalue weighted by atomic mass is 10.2. The minimum atomic E-state index is 0.571. The SMILES string of the molecule is CNC(C)CCc1nccn1C. The molecule has 1 atom stereocenters. The highest BCUT2D eigenvalue weighted by molar-refractivity contribution is 4.91. The maximum Gasteiger partial charge on any atom is 0.108 e. The van der Waals surface area contributed by atoms with E-state index in [0.717, 1.165) is 18.7 Å². The molecular weight excluding hydrogens is 150 g/mol. The fourth-order valence-corrected chi connectivity index (χ4v) is 1.13. The normalized spacial score (nSPS) is 13.2. The van der Waals surface area contributed by atoms with Crippen molar-refractivity contribution >= 4 is 0 Å². The van der Waals surface area contributed by atoms with Gasteiger partial charge in [0.15, 0.2) is 0 Å². The Balaban J connectivity index is 2.38. The van der Waals surface area contributed by atoms with E-state index in [1.165, 1.54) is 0 Å². The van der Waals surface area contributed by atoms with Gasteiger partial charge in [-0.1, -0.05) is 0 Å². The van der Waals surface area contributed by atoms with E-state index in [0.29, 0.717) is 6.04 Å². The summed E-state index contributed by atoms with van der Waals surface area (Å²) in [5, 5.41) is 3.21. The van der Waals surface area contributed by atoms with Crippen LogP contribution in [0.3, 0.4) is 0 Å². The predicted molar refractivity (Wildman–Crippen MR) is 50.1 cm³/mol. The van der Waals surface area contributed by atoms with Gasteiger partial charge in [-0.2, -0.15) is 0 Å². The Hall–Kier alpha value is -0.830. The van der Waals surface area contributed by atoms with Gasteiger partial charge >= 0.3 is 0 Å². The molecule has 0 aliphatic carbocycles. The number of rotatable bonds is 4. The van der Waals surface area contributed by atoms with Crippen molar-refractivity contribution in [3.8, 4) is 0 Å². The number of hydrogen-bond acceptors (Lipinski definition) is 2. The number of aromatic nitrogens is 2. The monoisotopic (exact) mass is 167 g/mol. The van der Waals surface area contributed by atoms with Crippen molar-refractivity contribution in [1.29, 1.82) is 0 Å². The lowest BCUT2D eigenvalue weighted by Gasteiger charge is -2.08. The summed E-state index contributed by atoms with van der Waals surface area (Å²) in [5.41, 5.74) is 0. The molecule has 0 aromatic carbocycles. The third-order valence-electron chi connectivity index (χ3n) is 2.21. The van der Waals surface area contributed by atoms with Crippen LogP contribution in [0, 0.1) is 0 Å².